The van der Waals surface area contributed by atoms with Crippen molar-refractivity contribution < 1.29 is 18.3 Å². The molecule has 0 radical (unpaired) electrons. The van der Waals surface area contributed by atoms with Crippen molar-refractivity contribution in [2.45, 2.75) is 38.7 Å². The molecule has 0 aliphatic carbocycles. The van der Waals surface area contributed by atoms with E-state index in [0.29, 0.717) is 12.2 Å². The Balaban J connectivity index is 1.42. The fraction of sp³-hybridized carbons (Fsp3) is 0.333. The number of anilines is 1. The number of aromatic nitrogens is 2. The largest absolute Gasteiger partial charge is 0.750 e. The van der Waals surface area contributed by atoms with Gasteiger partial charge in [-0.05, 0) is 30.9 Å². The molecular formula is C21H23N3O5P+. The van der Waals surface area contributed by atoms with E-state index in [1.807, 2.05) is 43.3 Å². The molecule has 3 aromatic rings. The molecule has 9 heteroatoms. The standard InChI is InChI=1S/C21H22N3O5P/c1-13-12-18(27-20(13)24-11-10-19(22)23-21(24)25)14(2)28-30(26)29-17-9-5-7-15-6-3-4-8-16(15)17/h3-11,13-14,18,20H,12H2,1-2H3,(H-,22,23,25)/p+1. The zero-order valence-corrected chi connectivity index (χ0v) is 17.6. The van der Waals surface area contributed by atoms with Gasteiger partial charge in [-0.1, -0.05) is 43.3 Å². The predicted octanol–water partition coefficient (Wildman–Crippen LogP) is 4.04. The normalized spacial score (nSPS) is 22.7. The zero-order valence-electron chi connectivity index (χ0n) is 16.7. The number of fused-ring (bicyclic) bond motifs is 1. The number of hydrogen-bond donors (Lipinski definition) is 1. The first-order valence-electron chi connectivity index (χ1n) is 9.72. The Morgan fingerprint density at radius 3 is 2.80 bits per heavy atom. The van der Waals surface area contributed by atoms with Gasteiger partial charge in [0.2, 0.25) is 0 Å². The molecule has 156 valence electrons. The van der Waals surface area contributed by atoms with Gasteiger partial charge in [0, 0.05) is 22.1 Å². The highest BCUT2D eigenvalue weighted by atomic mass is 31.1. The van der Waals surface area contributed by atoms with Crippen LogP contribution in [0.2, 0.25) is 0 Å². The van der Waals surface area contributed by atoms with Crippen LogP contribution in [0.25, 0.3) is 10.8 Å². The summed E-state index contributed by atoms with van der Waals surface area (Å²) in [4.78, 5) is 15.9. The predicted molar refractivity (Wildman–Crippen MR) is 113 cm³/mol. The molecule has 1 fully saturated rings. The smallest absolute Gasteiger partial charge is 0.383 e. The third-order valence-electron chi connectivity index (χ3n) is 5.23. The lowest BCUT2D eigenvalue weighted by atomic mass is 10.0. The summed E-state index contributed by atoms with van der Waals surface area (Å²) in [5.41, 5.74) is 5.09. The van der Waals surface area contributed by atoms with Crippen LogP contribution in [0, 0.1) is 5.92 Å². The molecule has 2 heterocycles. The second-order valence-corrected chi connectivity index (χ2v) is 8.26. The number of hydrogen-bond acceptors (Lipinski definition) is 7. The van der Waals surface area contributed by atoms with Gasteiger partial charge in [0.15, 0.2) is 5.75 Å². The fourth-order valence-corrected chi connectivity index (χ4v) is 4.46. The maximum absolute atomic E-state index is 12.5. The highest BCUT2D eigenvalue weighted by molar-refractivity contribution is 7.33. The van der Waals surface area contributed by atoms with E-state index >= 15 is 0 Å². The average Bonchev–Trinajstić information content (AvgIpc) is 3.10. The van der Waals surface area contributed by atoms with E-state index in [2.05, 4.69) is 4.98 Å². The molecule has 8 nitrogen and oxygen atoms in total. The number of nitrogens with zero attached hydrogens (tertiary/aromatic N) is 2. The molecule has 1 aliphatic heterocycles. The lowest BCUT2D eigenvalue weighted by Crippen LogP contribution is -2.30. The Labute approximate surface area is 174 Å². The van der Waals surface area contributed by atoms with Gasteiger partial charge in [-0.2, -0.15) is 4.98 Å². The molecule has 0 saturated carbocycles. The van der Waals surface area contributed by atoms with Gasteiger partial charge in [0.1, 0.15) is 18.1 Å². The first kappa shape index (κ1) is 20.5. The van der Waals surface area contributed by atoms with Gasteiger partial charge in [0.25, 0.3) is 0 Å². The maximum atomic E-state index is 12.5. The van der Waals surface area contributed by atoms with Gasteiger partial charge < -0.3 is 10.5 Å². The van der Waals surface area contributed by atoms with E-state index in [4.69, 9.17) is 19.5 Å². The van der Waals surface area contributed by atoms with Crippen LogP contribution in [0.1, 0.15) is 26.5 Å². The van der Waals surface area contributed by atoms with E-state index in [0.717, 1.165) is 10.8 Å². The van der Waals surface area contributed by atoms with Crippen molar-refractivity contribution in [3.63, 3.8) is 0 Å². The molecular weight excluding hydrogens is 405 g/mol. The van der Waals surface area contributed by atoms with Gasteiger partial charge >= 0.3 is 13.9 Å². The van der Waals surface area contributed by atoms with Crippen molar-refractivity contribution in [1.82, 2.24) is 9.55 Å². The highest BCUT2D eigenvalue weighted by Gasteiger charge is 2.41. The molecule has 2 aromatic carbocycles. The summed E-state index contributed by atoms with van der Waals surface area (Å²) >= 11 is 0. The molecule has 1 aromatic heterocycles. The summed E-state index contributed by atoms with van der Waals surface area (Å²) in [6, 6.07) is 14.8. The van der Waals surface area contributed by atoms with Crippen molar-refractivity contribution in [2.24, 2.45) is 5.92 Å². The molecule has 4 rings (SSSR count). The molecule has 0 amide bonds. The van der Waals surface area contributed by atoms with Gasteiger partial charge in [0.05, 0.1) is 6.10 Å². The van der Waals surface area contributed by atoms with Crippen molar-refractivity contribution in [2.75, 3.05) is 5.73 Å². The lowest BCUT2D eigenvalue weighted by molar-refractivity contribution is -0.0536. The molecule has 0 bridgehead atoms. The van der Waals surface area contributed by atoms with Crippen molar-refractivity contribution >= 4 is 24.8 Å². The summed E-state index contributed by atoms with van der Waals surface area (Å²) < 4.78 is 31.2. The van der Waals surface area contributed by atoms with Gasteiger partial charge in [-0.15, -0.1) is 4.52 Å². The Morgan fingerprint density at radius 2 is 2.00 bits per heavy atom. The summed E-state index contributed by atoms with van der Waals surface area (Å²) in [5.74, 6) is 0.707. The van der Waals surface area contributed by atoms with E-state index in [1.54, 1.807) is 25.3 Å². The lowest BCUT2D eigenvalue weighted by Gasteiger charge is -2.18. The van der Waals surface area contributed by atoms with Crippen LogP contribution in [0.3, 0.4) is 0 Å². The molecule has 5 atom stereocenters. The van der Waals surface area contributed by atoms with Crippen LogP contribution < -0.4 is 15.9 Å². The molecule has 30 heavy (non-hydrogen) atoms. The van der Waals surface area contributed by atoms with Crippen LogP contribution in [-0.4, -0.2) is 21.8 Å². The topological polar surface area (TPSA) is 106 Å². The number of nitrogens with two attached hydrogens (primary N) is 1. The van der Waals surface area contributed by atoms with E-state index in [-0.39, 0.29) is 17.8 Å². The first-order valence-corrected chi connectivity index (χ1v) is 10.8. The molecule has 2 N–H and O–H groups in total. The van der Waals surface area contributed by atoms with Gasteiger partial charge in [-0.3, -0.25) is 4.57 Å². The Morgan fingerprint density at radius 1 is 1.23 bits per heavy atom. The first-order chi connectivity index (χ1) is 14.4. The second-order valence-electron chi connectivity index (χ2n) is 7.42. The summed E-state index contributed by atoms with van der Waals surface area (Å²) in [6.07, 6.45) is 0.890. The van der Waals surface area contributed by atoms with Crippen LogP contribution in [0.4, 0.5) is 5.82 Å². The minimum Gasteiger partial charge on any atom is -0.383 e. The number of rotatable bonds is 6. The molecule has 5 unspecified atom stereocenters. The monoisotopic (exact) mass is 428 g/mol. The average molecular weight is 428 g/mol. The Bertz CT molecular complexity index is 1130. The van der Waals surface area contributed by atoms with E-state index in [9.17, 15) is 9.36 Å². The quantitative estimate of drug-likeness (QED) is 0.591. The molecule has 1 saturated heterocycles. The fourth-order valence-electron chi connectivity index (χ4n) is 3.69. The van der Waals surface area contributed by atoms with Crippen molar-refractivity contribution in [3.05, 3.63) is 65.2 Å². The van der Waals surface area contributed by atoms with Crippen molar-refractivity contribution in [1.29, 1.82) is 0 Å². The minimum absolute atomic E-state index is 0.0426. The SMILES string of the molecule is CC1CC(C(C)O[P+](=O)Oc2cccc3ccccc23)OC1n1ccc(N)nc1=O. The summed E-state index contributed by atoms with van der Waals surface area (Å²) in [5, 5.41) is 1.85. The third kappa shape index (κ3) is 4.21. The number of benzene rings is 2. The number of nitrogen functional groups attached to an aromatic ring is 1. The minimum atomic E-state index is -2.41. The Hall–Kier alpha value is -2.80. The van der Waals surface area contributed by atoms with Crippen LogP contribution in [0.5, 0.6) is 5.75 Å². The summed E-state index contributed by atoms with van der Waals surface area (Å²) in [7, 11) is -2.41. The van der Waals surface area contributed by atoms with E-state index in [1.165, 1.54) is 4.57 Å². The second kappa shape index (κ2) is 8.52. The van der Waals surface area contributed by atoms with Gasteiger partial charge in [-0.25, -0.2) is 9.32 Å². The maximum Gasteiger partial charge on any atom is 0.750 e. The van der Waals surface area contributed by atoms with Crippen LogP contribution in [-0.2, 0) is 13.8 Å². The van der Waals surface area contributed by atoms with Crippen LogP contribution >= 0.6 is 8.25 Å². The molecule has 0 spiro atoms. The zero-order chi connectivity index (χ0) is 21.3. The third-order valence-corrected chi connectivity index (χ3v) is 6.08. The van der Waals surface area contributed by atoms with Crippen LogP contribution in [0.15, 0.2) is 59.5 Å². The number of ether oxygens (including phenoxy) is 1. The molecule has 1 aliphatic rings. The van der Waals surface area contributed by atoms with Crippen molar-refractivity contribution in [3.8, 4) is 5.75 Å². The summed E-state index contributed by atoms with van der Waals surface area (Å²) in [6.45, 7) is 3.76. The Kier molecular flexibility index (Phi) is 5.81. The highest BCUT2D eigenvalue weighted by Crippen LogP contribution is 2.39. The van der Waals surface area contributed by atoms with E-state index < -0.39 is 26.3 Å².